The Bertz CT molecular complexity index is 290. The van der Waals surface area contributed by atoms with Gasteiger partial charge in [0.25, 0.3) is 0 Å². The zero-order chi connectivity index (χ0) is 12.2. The molecule has 1 heterocycles. The van der Waals surface area contributed by atoms with Crippen LogP contribution in [0.25, 0.3) is 0 Å². The molecule has 3 nitrogen and oxygen atoms in total. The molecule has 2 N–H and O–H groups in total. The van der Waals surface area contributed by atoms with Crippen LogP contribution in [0.5, 0.6) is 0 Å². The fraction of sp³-hybridized carbons (Fsp3) is 0.750. The Labute approximate surface area is 103 Å². The first kappa shape index (κ1) is 13.6. The standard InChI is InChI=1S/C12H23N3S/c1-12(2,3)5-11(6-13)15(4)7-10-8-16-9-14-10/h8-9,11H,5-7,13H2,1-4H3. The highest BCUT2D eigenvalue weighted by Gasteiger charge is 2.21. The van der Waals surface area contributed by atoms with Gasteiger partial charge in [0.2, 0.25) is 0 Å². The van der Waals surface area contributed by atoms with Crippen LogP contribution >= 0.6 is 11.3 Å². The van der Waals surface area contributed by atoms with E-state index < -0.39 is 0 Å². The van der Waals surface area contributed by atoms with Crippen LogP contribution in [-0.2, 0) is 6.54 Å². The number of nitrogens with zero attached hydrogens (tertiary/aromatic N) is 2. The van der Waals surface area contributed by atoms with E-state index in [4.69, 9.17) is 5.73 Å². The molecule has 0 aliphatic heterocycles. The van der Waals surface area contributed by atoms with Crippen molar-refractivity contribution in [2.75, 3.05) is 13.6 Å². The fourth-order valence-electron chi connectivity index (χ4n) is 1.83. The van der Waals surface area contributed by atoms with Crippen molar-refractivity contribution in [1.82, 2.24) is 9.88 Å². The number of nitrogens with two attached hydrogens (primary N) is 1. The second kappa shape index (κ2) is 5.75. The molecule has 1 aromatic heterocycles. The summed E-state index contributed by atoms with van der Waals surface area (Å²) in [6.07, 6.45) is 1.12. The molecule has 0 aliphatic carbocycles. The Morgan fingerprint density at radius 2 is 2.19 bits per heavy atom. The lowest BCUT2D eigenvalue weighted by Gasteiger charge is -2.32. The molecule has 0 radical (unpaired) electrons. The summed E-state index contributed by atoms with van der Waals surface area (Å²) in [4.78, 5) is 6.61. The van der Waals surface area contributed by atoms with Crippen LogP contribution in [0.2, 0.25) is 0 Å². The molecule has 0 fully saturated rings. The Morgan fingerprint density at radius 3 is 2.62 bits per heavy atom. The average Bonchev–Trinajstić information content (AvgIpc) is 2.65. The summed E-state index contributed by atoms with van der Waals surface area (Å²) >= 11 is 1.65. The highest BCUT2D eigenvalue weighted by Crippen LogP contribution is 2.23. The maximum absolute atomic E-state index is 5.85. The fourth-order valence-corrected chi connectivity index (χ4v) is 2.38. The van der Waals surface area contributed by atoms with Crippen molar-refractivity contribution in [1.29, 1.82) is 0 Å². The predicted molar refractivity (Wildman–Crippen MR) is 70.5 cm³/mol. The third-order valence-electron chi connectivity index (χ3n) is 2.64. The molecular formula is C12H23N3S. The third kappa shape index (κ3) is 4.60. The van der Waals surface area contributed by atoms with E-state index in [0.29, 0.717) is 18.0 Å². The van der Waals surface area contributed by atoms with Crippen molar-refractivity contribution in [2.45, 2.75) is 39.8 Å². The van der Waals surface area contributed by atoms with Gasteiger partial charge in [-0.1, -0.05) is 20.8 Å². The van der Waals surface area contributed by atoms with Gasteiger partial charge in [0.05, 0.1) is 11.2 Å². The van der Waals surface area contributed by atoms with Gasteiger partial charge >= 0.3 is 0 Å². The monoisotopic (exact) mass is 241 g/mol. The summed E-state index contributed by atoms with van der Waals surface area (Å²) < 4.78 is 0. The van der Waals surface area contributed by atoms with E-state index in [9.17, 15) is 0 Å². The van der Waals surface area contributed by atoms with Gasteiger partial charge in [-0.25, -0.2) is 4.98 Å². The summed E-state index contributed by atoms with van der Waals surface area (Å²) in [5.41, 5.74) is 9.19. The number of hydrogen-bond donors (Lipinski definition) is 1. The van der Waals surface area contributed by atoms with Crippen molar-refractivity contribution in [2.24, 2.45) is 11.1 Å². The molecule has 16 heavy (non-hydrogen) atoms. The summed E-state index contributed by atoms with van der Waals surface area (Å²) in [7, 11) is 2.13. The molecule has 1 unspecified atom stereocenters. The third-order valence-corrected chi connectivity index (χ3v) is 3.27. The van der Waals surface area contributed by atoms with Crippen LogP contribution in [0.4, 0.5) is 0 Å². The molecule has 1 atom stereocenters. The van der Waals surface area contributed by atoms with E-state index in [1.54, 1.807) is 11.3 Å². The van der Waals surface area contributed by atoms with E-state index in [-0.39, 0.29) is 0 Å². The number of aromatic nitrogens is 1. The maximum atomic E-state index is 5.85. The Kier molecular flexibility index (Phi) is 4.89. The van der Waals surface area contributed by atoms with Crippen LogP contribution in [0, 0.1) is 5.41 Å². The molecule has 0 spiro atoms. The summed E-state index contributed by atoms with van der Waals surface area (Å²) in [6, 6.07) is 0.432. The largest absolute Gasteiger partial charge is 0.329 e. The first-order chi connectivity index (χ1) is 7.42. The number of likely N-dealkylation sites (N-methyl/N-ethyl adjacent to an activating group) is 1. The van der Waals surface area contributed by atoms with E-state index in [0.717, 1.165) is 18.7 Å². The molecular weight excluding hydrogens is 218 g/mol. The molecule has 92 valence electrons. The molecule has 4 heteroatoms. The smallest absolute Gasteiger partial charge is 0.0795 e. The van der Waals surface area contributed by atoms with Crippen molar-refractivity contribution < 1.29 is 0 Å². The maximum Gasteiger partial charge on any atom is 0.0795 e. The zero-order valence-corrected chi connectivity index (χ0v) is 11.5. The molecule has 0 aromatic carbocycles. The van der Waals surface area contributed by atoms with Gasteiger partial charge in [-0.15, -0.1) is 11.3 Å². The van der Waals surface area contributed by atoms with Crippen LogP contribution in [0.15, 0.2) is 10.9 Å². The minimum atomic E-state index is 0.320. The first-order valence-electron chi connectivity index (χ1n) is 5.70. The molecule has 0 bridgehead atoms. The lowest BCUT2D eigenvalue weighted by Crippen LogP contribution is -2.40. The van der Waals surface area contributed by atoms with E-state index >= 15 is 0 Å². The van der Waals surface area contributed by atoms with Gasteiger partial charge < -0.3 is 5.73 Å². The summed E-state index contributed by atoms with van der Waals surface area (Å²) in [6.45, 7) is 8.37. The Balaban J connectivity index is 2.52. The van der Waals surface area contributed by atoms with Gasteiger partial charge in [-0.05, 0) is 18.9 Å². The van der Waals surface area contributed by atoms with Gasteiger partial charge in [0, 0.05) is 24.5 Å². The van der Waals surface area contributed by atoms with Gasteiger partial charge in [-0.2, -0.15) is 0 Å². The van der Waals surface area contributed by atoms with Crippen LogP contribution < -0.4 is 5.73 Å². The Morgan fingerprint density at radius 1 is 1.50 bits per heavy atom. The Hall–Kier alpha value is -0.450. The van der Waals surface area contributed by atoms with Crippen molar-refractivity contribution in [3.05, 3.63) is 16.6 Å². The van der Waals surface area contributed by atoms with Crippen LogP contribution in [-0.4, -0.2) is 29.5 Å². The highest BCUT2D eigenvalue weighted by atomic mass is 32.1. The van der Waals surface area contributed by atoms with E-state index in [1.807, 2.05) is 5.51 Å². The van der Waals surface area contributed by atoms with Crippen molar-refractivity contribution >= 4 is 11.3 Å². The highest BCUT2D eigenvalue weighted by molar-refractivity contribution is 7.07. The average molecular weight is 241 g/mol. The van der Waals surface area contributed by atoms with Gasteiger partial charge in [0.15, 0.2) is 0 Å². The number of rotatable bonds is 5. The van der Waals surface area contributed by atoms with E-state index in [1.165, 1.54) is 0 Å². The molecule has 0 amide bonds. The predicted octanol–water partition coefficient (Wildman–Crippen LogP) is 2.34. The molecule has 1 aromatic rings. The molecule has 0 saturated heterocycles. The lowest BCUT2D eigenvalue weighted by atomic mass is 9.87. The molecule has 1 rings (SSSR count). The SMILES string of the molecule is CN(Cc1cscn1)C(CN)CC(C)(C)C. The zero-order valence-electron chi connectivity index (χ0n) is 10.7. The normalized spacial score (nSPS) is 14.4. The topological polar surface area (TPSA) is 42.2 Å². The lowest BCUT2D eigenvalue weighted by molar-refractivity contribution is 0.176. The number of thiazole rings is 1. The molecule has 0 aliphatic rings. The van der Waals surface area contributed by atoms with Gasteiger partial charge in [-0.3, -0.25) is 4.90 Å². The summed E-state index contributed by atoms with van der Waals surface area (Å²) in [5, 5.41) is 2.10. The second-order valence-corrected chi connectivity index (χ2v) is 6.27. The van der Waals surface area contributed by atoms with E-state index in [2.05, 4.69) is 43.1 Å². The van der Waals surface area contributed by atoms with Crippen LogP contribution in [0.3, 0.4) is 0 Å². The minimum Gasteiger partial charge on any atom is -0.329 e. The second-order valence-electron chi connectivity index (χ2n) is 5.55. The summed E-state index contributed by atoms with van der Waals surface area (Å²) in [5.74, 6) is 0. The first-order valence-corrected chi connectivity index (χ1v) is 6.64. The molecule has 0 saturated carbocycles. The van der Waals surface area contributed by atoms with Crippen LogP contribution in [0.1, 0.15) is 32.9 Å². The number of hydrogen-bond acceptors (Lipinski definition) is 4. The van der Waals surface area contributed by atoms with Gasteiger partial charge in [0.1, 0.15) is 0 Å². The van der Waals surface area contributed by atoms with Crippen molar-refractivity contribution in [3.63, 3.8) is 0 Å². The quantitative estimate of drug-likeness (QED) is 0.860. The minimum absolute atomic E-state index is 0.320. The van der Waals surface area contributed by atoms with Crippen molar-refractivity contribution in [3.8, 4) is 0 Å².